The van der Waals surface area contributed by atoms with E-state index in [9.17, 15) is 0 Å². The van der Waals surface area contributed by atoms with Crippen LogP contribution in [0.2, 0.25) is 0 Å². The third kappa shape index (κ3) is 7.03. The van der Waals surface area contributed by atoms with Gasteiger partial charge in [-0.2, -0.15) is 0 Å². The van der Waals surface area contributed by atoms with E-state index in [0.29, 0.717) is 11.8 Å². The van der Waals surface area contributed by atoms with Crippen molar-refractivity contribution in [1.82, 2.24) is 0 Å². The van der Waals surface area contributed by atoms with E-state index in [0.717, 1.165) is 36.0 Å². The first-order valence-corrected chi connectivity index (χ1v) is 15.8. The third-order valence-corrected chi connectivity index (χ3v) is 11.1. The Morgan fingerprint density at radius 2 is 1.14 bits per heavy atom. The molecular formula is C32H47O2P. The molecule has 0 N–H and O–H groups in total. The van der Waals surface area contributed by atoms with Gasteiger partial charge in [-0.3, -0.25) is 0 Å². The van der Waals surface area contributed by atoms with Crippen molar-refractivity contribution in [3.8, 4) is 22.6 Å². The number of rotatable bonds is 10. The van der Waals surface area contributed by atoms with Gasteiger partial charge in [0.15, 0.2) is 0 Å². The standard InChI is InChI=1S/C32H47O2P/c1-24(2)22-33-29-19-13-20-30(34-23-25(3)4)32(29)28-18-11-12-21-31(28)35(26-14-7-5-8-15-26)27-16-9-6-10-17-27/h11-13,18-21,24-27H,5-10,14-17,22-23H2,1-4H3. The molecule has 0 heterocycles. The molecule has 0 aromatic heterocycles. The molecule has 35 heavy (non-hydrogen) atoms. The van der Waals surface area contributed by atoms with E-state index in [1.54, 1.807) is 5.30 Å². The summed E-state index contributed by atoms with van der Waals surface area (Å²) in [5.74, 6) is 2.93. The second-order valence-corrected chi connectivity index (χ2v) is 14.3. The third-order valence-electron chi connectivity index (χ3n) is 7.52. The molecule has 0 bridgehead atoms. The molecule has 2 aromatic carbocycles. The van der Waals surface area contributed by atoms with Crippen LogP contribution in [0.4, 0.5) is 0 Å². The molecule has 2 fully saturated rings. The second kappa shape index (κ2) is 13.1. The van der Waals surface area contributed by atoms with Crippen LogP contribution in [0.1, 0.15) is 91.9 Å². The topological polar surface area (TPSA) is 18.5 Å². The molecular weight excluding hydrogens is 447 g/mol. The molecule has 2 saturated carbocycles. The van der Waals surface area contributed by atoms with Crippen LogP contribution < -0.4 is 14.8 Å². The lowest BCUT2D eigenvalue weighted by molar-refractivity contribution is 0.260. The number of hydrogen-bond donors (Lipinski definition) is 0. The first kappa shape index (κ1) is 26.5. The van der Waals surface area contributed by atoms with Gasteiger partial charge in [0.25, 0.3) is 0 Å². The van der Waals surface area contributed by atoms with Crippen LogP contribution in [0, 0.1) is 11.8 Å². The summed E-state index contributed by atoms with van der Waals surface area (Å²) < 4.78 is 12.9. The summed E-state index contributed by atoms with van der Waals surface area (Å²) in [5.41, 5.74) is 4.29. The van der Waals surface area contributed by atoms with Gasteiger partial charge < -0.3 is 9.47 Å². The number of hydrogen-bond acceptors (Lipinski definition) is 2. The minimum atomic E-state index is -0.216. The number of benzene rings is 2. The van der Waals surface area contributed by atoms with Crippen LogP contribution in [-0.4, -0.2) is 24.5 Å². The Labute approximate surface area is 216 Å². The highest BCUT2D eigenvalue weighted by atomic mass is 31.1. The van der Waals surface area contributed by atoms with Gasteiger partial charge in [-0.25, -0.2) is 0 Å². The summed E-state index contributed by atoms with van der Waals surface area (Å²) in [6, 6.07) is 15.7. The maximum Gasteiger partial charge on any atom is 0.130 e. The highest BCUT2D eigenvalue weighted by Gasteiger charge is 2.34. The summed E-state index contributed by atoms with van der Waals surface area (Å²) in [7, 11) is -0.216. The smallest absolute Gasteiger partial charge is 0.130 e. The average Bonchev–Trinajstić information content (AvgIpc) is 2.88. The summed E-state index contributed by atoms with van der Waals surface area (Å²) in [5, 5.41) is 1.61. The van der Waals surface area contributed by atoms with Gasteiger partial charge in [0.1, 0.15) is 11.5 Å². The fourth-order valence-corrected chi connectivity index (χ4v) is 9.80. The van der Waals surface area contributed by atoms with Gasteiger partial charge in [-0.05, 0) is 71.8 Å². The maximum absolute atomic E-state index is 6.45. The van der Waals surface area contributed by atoms with E-state index in [4.69, 9.17) is 9.47 Å². The molecule has 0 radical (unpaired) electrons. The van der Waals surface area contributed by atoms with Gasteiger partial charge in [0, 0.05) is 0 Å². The molecule has 0 amide bonds. The molecule has 0 unspecified atom stereocenters. The zero-order valence-electron chi connectivity index (χ0n) is 22.6. The molecule has 4 rings (SSSR count). The van der Waals surface area contributed by atoms with E-state index in [2.05, 4.69) is 70.2 Å². The Balaban J connectivity index is 1.81. The van der Waals surface area contributed by atoms with E-state index in [1.807, 2.05) is 0 Å². The monoisotopic (exact) mass is 494 g/mol. The molecule has 2 aliphatic rings. The summed E-state index contributed by atoms with van der Waals surface area (Å²) in [6.45, 7) is 10.3. The average molecular weight is 495 g/mol. The molecule has 0 saturated heterocycles. The van der Waals surface area contributed by atoms with E-state index < -0.39 is 0 Å². The van der Waals surface area contributed by atoms with Gasteiger partial charge in [-0.1, -0.05) is 104 Å². The molecule has 0 atom stereocenters. The molecule has 2 aromatic rings. The first-order valence-electron chi connectivity index (χ1n) is 14.3. The van der Waals surface area contributed by atoms with Crippen molar-refractivity contribution in [2.75, 3.05) is 13.2 Å². The molecule has 192 valence electrons. The quantitative estimate of drug-likeness (QED) is 0.307. The van der Waals surface area contributed by atoms with Crippen LogP contribution >= 0.6 is 7.92 Å². The fraction of sp³-hybridized carbons (Fsp3) is 0.625. The highest BCUT2D eigenvalue weighted by molar-refractivity contribution is 7.67. The fourth-order valence-electron chi connectivity index (χ4n) is 5.85. The van der Waals surface area contributed by atoms with E-state index in [1.165, 1.54) is 75.3 Å². The first-order chi connectivity index (χ1) is 17.0. The predicted octanol–water partition coefficient (Wildman–Crippen LogP) is 9.20. The van der Waals surface area contributed by atoms with Crippen molar-refractivity contribution in [2.24, 2.45) is 11.8 Å². The molecule has 3 heteroatoms. The van der Waals surface area contributed by atoms with E-state index in [-0.39, 0.29) is 7.92 Å². The lowest BCUT2D eigenvalue weighted by Crippen LogP contribution is -2.27. The highest BCUT2D eigenvalue weighted by Crippen LogP contribution is 2.57. The molecule has 2 nitrogen and oxygen atoms in total. The van der Waals surface area contributed by atoms with Crippen LogP contribution in [0.5, 0.6) is 11.5 Å². The van der Waals surface area contributed by atoms with Crippen molar-refractivity contribution >= 4 is 13.2 Å². The summed E-state index contributed by atoms with van der Waals surface area (Å²) in [6.07, 6.45) is 14.2. The van der Waals surface area contributed by atoms with Crippen LogP contribution in [0.15, 0.2) is 42.5 Å². The Bertz CT molecular complexity index is 861. The zero-order valence-corrected chi connectivity index (χ0v) is 23.5. The van der Waals surface area contributed by atoms with Gasteiger partial charge in [-0.15, -0.1) is 0 Å². The van der Waals surface area contributed by atoms with Gasteiger partial charge in [0.2, 0.25) is 0 Å². The van der Waals surface area contributed by atoms with Crippen LogP contribution in [0.3, 0.4) is 0 Å². The van der Waals surface area contributed by atoms with E-state index >= 15 is 0 Å². The minimum absolute atomic E-state index is 0.216. The van der Waals surface area contributed by atoms with Crippen LogP contribution in [0.25, 0.3) is 11.1 Å². The lowest BCUT2D eigenvalue weighted by atomic mass is 9.99. The van der Waals surface area contributed by atoms with Crippen molar-refractivity contribution in [3.05, 3.63) is 42.5 Å². The normalized spacial score (nSPS) is 17.9. The molecule has 0 aliphatic heterocycles. The van der Waals surface area contributed by atoms with Gasteiger partial charge in [0.05, 0.1) is 18.8 Å². The molecule has 0 spiro atoms. The lowest BCUT2D eigenvalue weighted by Gasteiger charge is -2.39. The summed E-state index contributed by atoms with van der Waals surface area (Å²) in [4.78, 5) is 0. The Morgan fingerprint density at radius 3 is 1.63 bits per heavy atom. The van der Waals surface area contributed by atoms with Crippen molar-refractivity contribution in [3.63, 3.8) is 0 Å². The summed E-state index contributed by atoms with van der Waals surface area (Å²) >= 11 is 0. The van der Waals surface area contributed by atoms with Gasteiger partial charge >= 0.3 is 0 Å². The largest absolute Gasteiger partial charge is 0.493 e. The number of ether oxygens (including phenoxy) is 2. The predicted molar refractivity (Wildman–Crippen MR) is 153 cm³/mol. The Hall–Kier alpha value is -1.53. The Morgan fingerprint density at radius 1 is 0.657 bits per heavy atom. The van der Waals surface area contributed by atoms with Crippen molar-refractivity contribution in [1.29, 1.82) is 0 Å². The maximum atomic E-state index is 6.45. The second-order valence-electron chi connectivity index (χ2n) is 11.5. The zero-order chi connectivity index (χ0) is 24.6. The van der Waals surface area contributed by atoms with Crippen molar-refractivity contribution < 1.29 is 9.47 Å². The van der Waals surface area contributed by atoms with Crippen molar-refractivity contribution in [2.45, 2.75) is 103 Å². The Kier molecular flexibility index (Phi) is 9.96. The SMILES string of the molecule is CC(C)COc1cccc(OCC(C)C)c1-c1ccccc1P(C1CCCCC1)C1CCCCC1. The van der Waals surface area contributed by atoms with Crippen LogP contribution in [-0.2, 0) is 0 Å². The minimum Gasteiger partial charge on any atom is -0.493 e. The molecule has 2 aliphatic carbocycles.